The molecule has 0 aliphatic carbocycles. The van der Waals surface area contributed by atoms with E-state index in [2.05, 4.69) is 5.32 Å². The summed E-state index contributed by atoms with van der Waals surface area (Å²) in [5.41, 5.74) is 0. The Hall–Kier alpha value is -0.294. The van der Waals surface area contributed by atoms with Crippen LogP contribution >= 0.6 is 0 Å². The van der Waals surface area contributed by atoms with Crippen LogP contribution in [0, 0.1) is 0 Å². The molecule has 0 saturated heterocycles. The van der Waals surface area contributed by atoms with Crippen molar-refractivity contribution in [2.75, 3.05) is 39.3 Å². The standard InChI is InChI=1S/C15H26N2O6.K/c1-2-3-4-5-6-13(19)16-7-8-17(9-10-18,11-14(20)21)12-15(22)23;/h5-6,18H,2-4,7-12H2,1H3,(H2-,16,19,20,21,22,23);/q;+1/b6-5+;. The van der Waals surface area contributed by atoms with Gasteiger partial charge in [0, 0.05) is 0 Å². The Bertz CT molecular complexity index is 412. The Kier molecular flexibility index (Phi) is 16.2. The van der Waals surface area contributed by atoms with Crippen molar-refractivity contribution in [3.63, 3.8) is 0 Å². The summed E-state index contributed by atoms with van der Waals surface area (Å²) in [5.74, 6) is -2.89. The van der Waals surface area contributed by atoms with E-state index in [-0.39, 0.29) is 88.0 Å². The number of nitrogens with one attached hydrogen (secondary N) is 1. The van der Waals surface area contributed by atoms with Crippen molar-refractivity contribution in [3.05, 3.63) is 12.2 Å². The van der Waals surface area contributed by atoms with E-state index in [1.54, 1.807) is 6.08 Å². The fourth-order valence-electron chi connectivity index (χ4n) is 2.24. The first-order chi connectivity index (χ1) is 10.8. The topological polar surface area (TPSA) is 127 Å². The minimum absolute atomic E-state index is 0. The Morgan fingerprint density at radius 3 is 2.38 bits per heavy atom. The Morgan fingerprint density at radius 1 is 1.21 bits per heavy atom. The number of aliphatic carboxylic acids is 2. The molecular weight excluding hydrogens is 343 g/mol. The Morgan fingerprint density at radius 2 is 1.88 bits per heavy atom. The average molecular weight is 369 g/mol. The SMILES string of the molecule is CCCC/C=C/C(=O)NCC[N+](CCO)(CC(=O)[O-])CC(=O)O.[K+]. The van der Waals surface area contributed by atoms with Crippen LogP contribution in [0.4, 0.5) is 0 Å². The third-order valence-electron chi connectivity index (χ3n) is 3.39. The first-order valence-electron chi connectivity index (χ1n) is 7.67. The van der Waals surface area contributed by atoms with Crippen LogP contribution in [0.25, 0.3) is 0 Å². The predicted octanol–water partition coefficient (Wildman–Crippen LogP) is -4.50. The van der Waals surface area contributed by atoms with Crippen LogP contribution < -0.4 is 61.8 Å². The quantitative estimate of drug-likeness (QED) is 0.130. The molecule has 0 fully saturated rings. The molecule has 1 unspecified atom stereocenters. The number of carbonyl (C=O) groups excluding carboxylic acids is 2. The van der Waals surface area contributed by atoms with Crippen LogP contribution in [0.5, 0.6) is 0 Å². The van der Waals surface area contributed by atoms with E-state index in [0.717, 1.165) is 19.3 Å². The minimum atomic E-state index is -1.40. The van der Waals surface area contributed by atoms with Gasteiger partial charge in [0.1, 0.15) is 13.1 Å². The van der Waals surface area contributed by atoms with Gasteiger partial charge in [0.05, 0.1) is 25.7 Å². The number of hydrogen-bond donors (Lipinski definition) is 3. The summed E-state index contributed by atoms with van der Waals surface area (Å²) in [5, 5.41) is 31.5. The summed E-state index contributed by atoms with van der Waals surface area (Å²) < 4.78 is -0.381. The molecule has 0 bridgehead atoms. The Balaban J connectivity index is 0. The maximum absolute atomic E-state index is 11.6. The van der Waals surface area contributed by atoms with Crippen molar-refractivity contribution in [1.29, 1.82) is 0 Å². The first kappa shape index (κ1) is 25.9. The number of rotatable bonds is 13. The second-order valence-electron chi connectivity index (χ2n) is 5.43. The van der Waals surface area contributed by atoms with E-state index in [0.29, 0.717) is 0 Å². The number of allylic oxidation sites excluding steroid dienone is 1. The smallest absolute Gasteiger partial charge is 0.544 e. The number of amides is 1. The molecule has 0 radical (unpaired) electrons. The number of hydrogen-bond acceptors (Lipinski definition) is 5. The van der Waals surface area contributed by atoms with Gasteiger partial charge in [-0.1, -0.05) is 25.8 Å². The second kappa shape index (κ2) is 15.0. The van der Waals surface area contributed by atoms with Crippen LogP contribution in [0.2, 0.25) is 0 Å². The normalized spacial score (nSPS) is 13.1. The number of nitrogens with zero attached hydrogens (tertiary/aromatic N) is 1. The molecule has 9 heteroatoms. The minimum Gasteiger partial charge on any atom is -0.544 e. The van der Waals surface area contributed by atoms with Gasteiger partial charge in [0.25, 0.3) is 0 Å². The van der Waals surface area contributed by atoms with Gasteiger partial charge in [-0.25, -0.2) is 4.79 Å². The van der Waals surface area contributed by atoms with Crippen molar-refractivity contribution in [2.45, 2.75) is 26.2 Å². The van der Waals surface area contributed by atoms with Gasteiger partial charge in [-0.3, -0.25) is 4.79 Å². The molecule has 1 amide bonds. The summed E-state index contributed by atoms with van der Waals surface area (Å²) in [7, 11) is 0. The molecule has 3 N–H and O–H groups in total. The monoisotopic (exact) mass is 369 g/mol. The number of aliphatic hydroxyl groups is 1. The molecule has 0 aliphatic rings. The zero-order chi connectivity index (χ0) is 17.7. The third-order valence-corrected chi connectivity index (χ3v) is 3.39. The number of carboxylic acid groups (broad SMARTS) is 2. The van der Waals surface area contributed by atoms with Crippen LogP contribution in [0.1, 0.15) is 26.2 Å². The number of quaternary nitrogens is 1. The number of carboxylic acids is 2. The van der Waals surface area contributed by atoms with Crippen LogP contribution in [0.3, 0.4) is 0 Å². The zero-order valence-electron chi connectivity index (χ0n) is 14.5. The van der Waals surface area contributed by atoms with Crippen molar-refractivity contribution in [1.82, 2.24) is 5.32 Å². The van der Waals surface area contributed by atoms with E-state index < -0.39 is 25.0 Å². The summed E-state index contributed by atoms with van der Waals surface area (Å²) >= 11 is 0. The molecule has 0 spiro atoms. The van der Waals surface area contributed by atoms with Crippen molar-refractivity contribution in [3.8, 4) is 0 Å². The maximum Gasteiger partial charge on any atom is 1.00 e. The van der Waals surface area contributed by atoms with E-state index in [1.165, 1.54) is 6.08 Å². The maximum atomic E-state index is 11.6. The van der Waals surface area contributed by atoms with Crippen molar-refractivity contribution in [2.24, 2.45) is 0 Å². The molecule has 24 heavy (non-hydrogen) atoms. The van der Waals surface area contributed by atoms with Crippen LogP contribution in [-0.4, -0.2) is 71.9 Å². The second-order valence-corrected chi connectivity index (χ2v) is 5.43. The summed E-state index contributed by atoms with van der Waals surface area (Å²) in [6, 6.07) is 0. The van der Waals surface area contributed by atoms with Gasteiger partial charge in [-0.2, -0.15) is 0 Å². The number of unbranched alkanes of at least 4 members (excludes halogenated alkanes) is 2. The van der Waals surface area contributed by atoms with Crippen molar-refractivity contribution < 1.29 is 85.6 Å². The van der Waals surface area contributed by atoms with Crippen molar-refractivity contribution >= 4 is 17.8 Å². The van der Waals surface area contributed by atoms with Crippen LogP contribution in [0.15, 0.2) is 12.2 Å². The molecule has 8 nitrogen and oxygen atoms in total. The molecule has 0 heterocycles. The molecule has 0 aromatic rings. The molecular formula is C15H26KN2O6+. The summed E-state index contributed by atoms with van der Waals surface area (Å²) in [4.78, 5) is 33.4. The van der Waals surface area contributed by atoms with E-state index in [4.69, 9.17) is 10.2 Å². The van der Waals surface area contributed by atoms with Gasteiger partial charge >= 0.3 is 57.4 Å². The predicted molar refractivity (Wildman–Crippen MR) is 81.1 cm³/mol. The van der Waals surface area contributed by atoms with Gasteiger partial charge in [0.2, 0.25) is 5.91 Å². The third kappa shape index (κ3) is 13.0. The molecule has 132 valence electrons. The van der Waals surface area contributed by atoms with E-state index in [9.17, 15) is 19.5 Å². The Labute approximate surface area is 184 Å². The molecule has 0 rings (SSSR count). The first-order valence-corrected chi connectivity index (χ1v) is 7.67. The average Bonchev–Trinajstić information content (AvgIpc) is 2.42. The van der Waals surface area contributed by atoms with Crippen LogP contribution in [-0.2, 0) is 14.4 Å². The van der Waals surface area contributed by atoms with E-state index in [1.807, 2.05) is 6.92 Å². The molecule has 1 atom stereocenters. The zero-order valence-corrected chi connectivity index (χ0v) is 17.6. The fourth-order valence-corrected chi connectivity index (χ4v) is 2.24. The number of aliphatic hydroxyl groups excluding tert-OH is 1. The van der Waals surface area contributed by atoms with Gasteiger partial charge in [0.15, 0.2) is 6.54 Å². The van der Waals surface area contributed by atoms with Gasteiger partial charge in [-0.15, -0.1) is 0 Å². The largest absolute Gasteiger partial charge is 1.00 e. The summed E-state index contributed by atoms with van der Waals surface area (Å²) in [6.45, 7) is 0.846. The van der Waals surface area contributed by atoms with Gasteiger partial charge in [-0.05, 0) is 12.5 Å². The van der Waals surface area contributed by atoms with Gasteiger partial charge < -0.3 is 29.9 Å². The molecule has 0 saturated carbocycles. The molecule has 0 aliphatic heterocycles. The summed E-state index contributed by atoms with van der Waals surface area (Å²) in [6.07, 6.45) is 5.99. The molecule has 0 aromatic carbocycles. The number of carbonyl (C=O) groups is 3. The van der Waals surface area contributed by atoms with E-state index >= 15 is 0 Å². The molecule has 0 aromatic heterocycles. The fraction of sp³-hybridized carbons (Fsp3) is 0.667.